The Bertz CT molecular complexity index is 1300. The number of hydrogen-bond donors (Lipinski definition) is 3. The molecular weight excluding hydrogens is 413 g/mol. The lowest BCUT2D eigenvalue weighted by molar-refractivity contribution is 0.0175. The summed E-state index contributed by atoms with van der Waals surface area (Å²) >= 11 is 0. The van der Waals surface area contributed by atoms with Crippen molar-refractivity contribution in [2.75, 3.05) is 16.4 Å². The number of nitrogens with two attached hydrogens (primary N) is 1. The molecule has 4 rings (SSSR count). The van der Waals surface area contributed by atoms with Gasteiger partial charge in [-0.25, -0.2) is 18.2 Å². The van der Waals surface area contributed by atoms with Crippen molar-refractivity contribution in [1.82, 2.24) is 4.98 Å². The quantitative estimate of drug-likeness (QED) is 0.315. The summed E-state index contributed by atoms with van der Waals surface area (Å²) in [5.74, 6) is -3.00. The van der Waals surface area contributed by atoms with Gasteiger partial charge in [0.15, 0.2) is 0 Å². The highest BCUT2D eigenvalue weighted by molar-refractivity contribution is 6.01. The van der Waals surface area contributed by atoms with Crippen molar-refractivity contribution in [2.24, 2.45) is 0 Å². The van der Waals surface area contributed by atoms with Crippen molar-refractivity contribution >= 4 is 28.0 Å². The fourth-order valence-corrected chi connectivity index (χ4v) is 3.48. The second kappa shape index (κ2) is 8.26. The van der Waals surface area contributed by atoms with Crippen LogP contribution >= 0.6 is 0 Å². The van der Waals surface area contributed by atoms with Gasteiger partial charge < -0.3 is 16.4 Å². The van der Waals surface area contributed by atoms with Crippen molar-refractivity contribution in [3.8, 4) is 11.1 Å². The Balaban J connectivity index is 1.52. The van der Waals surface area contributed by atoms with Gasteiger partial charge in [-0.2, -0.15) is 0 Å². The van der Waals surface area contributed by atoms with E-state index >= 15 is 0 Å². The van der Waals surface area contributed by atoms with Crippen LogP contribution in [0.1, 0.15) is 12.5 Å². The molecule has 32 heavy (non-hydrogen) atoms. The van der Waals surface area contributed by atoms with Gasteiger partial charge in [0.05, 0.1) is 5.69 Å². The van der Waals surface area contributed by atoms with E-state index in [1.165, 1.54) is 0 Å². The fourth-order valence-electron chi connectivity index (χ4n) is 3.48. The van der Waals surface area contributed by atoms with Crippen LogP contribution in [0.2, 0.25) is 0 Å². The zero-order valence-electron chi connectivity index (χ0n) is 17.3. The molecular formula is C25H21F3N4. The Morgan fingerprint density at radius 2 is 1.72 bits per heavy atom. The number of nitrogen functional groups attached to an aromatic ring is 1. The molecule has 4 N–H and O–H groups in total. The van der Waals surface area contributed by atoms with E-state index in [1.54, 1.807) is 6.20 Å². The minimum absolute atomic E-state index is 0.0832. The molecule has 1 heterocycles. The summed E-state index contributed by atoms with van der Waals surface area (Å²) in [7, 11) is 0. The highest BCUT2D eigenvalue weighted by Gasteiger charge is 2.25. The number of aromatic nitrogens is 1. The second-order valence-electron chi connectivity index (χ2n) is 7.49. The molecule has 1 aromatic heterocycles. The van der Waals surface area contributed by atoms with Crippen LogP contribution in [0, 0.1) is 5.82 Å². The molecule has 0 aliphatic carbocycles. The van der Waals surface area contributed by atoms with E-state index < -0.39 is 11.7 Å². The molecule has 0 spiro atoms. The van der Waals surface area contributed by atoms with Crippen molar-refractivity contribution in [1.29, 1.82) is 0 Å². The first kappa shape index (κ1) is 21.2. The van der Waals surface area contributed by atoms with E-state index in [1.807, 2.05) is 48.5 Å². The molecule has 0 saturated heterocycles. The Morgan fingerprint density at radius 3 is 2.44 bits per heavy atom. The van der Waals surface area contributed by atoms with Crippen molar-refractivity contribution < 1.29 is 13.2 Å². The Morgan fingerprint density at radius 1 is 0.969 bits per heavy atom. The third kappa shape index (κ3) is 4.37. The van der Waals surface area contributed by atoms with E-state index in [9.17, 15) is 13.2 Å². The minimum atomic E-state index is -3.07. The van der Waals surface area contributed by atoms with Crippen LogP contribution in [-0.4, -0.2) is 4.98 Å². The molecule has 0 unspecified atom stereocenters. The first-order valence-electron chi connectivity index (χ1n) is 9.87. The number of hydrogen-bond acceptors (Lipinski definition) is 4. The molecule has 0 bridgehead atoms. The van der Waals surface area contributed by atoms with E-state index in [-0.39, 0.29) is 17.1 Å². The molecule has 0 radical (unpaired) electrons. The number of alkyl halides is 2. The largest absolute Gasteiger partial charge is 0.383 e. The van der Waals surface area contributed by atoms with E-state index in [0.717, 1.165) is 47.0 Å². The SMILES string of the molecule is C=C(Nc1ccc(-c2cccc3c(N)nccc23)cc1)Nc1cc(C(C)(F)F)ccc1F. The number of nitrogens with zero attached hydrogens (tertiary/aromatic N) is 1. The van der Waals surface area contributed by atoms with E-state index in [2.05, 4.69) is 22.2 Å². The molecule has 4 aromatic rings. The highest BCUT2D eigenvalue weighted by Crippen LogP contribution is 2.32. The van der Waals surface area contributed by atoms with Crippen LogP contribution in [0.4, 0.5) is 30.4 Å². The van der Waals surface area contributed by atoms with Crippen molar-refractivity contribution in [3.05, 3.63) is 96.7 Å². The Kier molecular flexibility index (Phi) is 5.48. The molecule has 162 valence electrons. The lowest BCUT2D eigenvalue weighted by atomic mass is 9.99. The van der Waals surface area contributed by atoms with Gasteiger partial charge in [-0.05, 0) is 46.8 Å². The minimum Gasteiger partial charge on any atom is -0.383 e. The standard InChI is InChI=1S/C25H21F3N4/c1-15(32-23-14-17(25(2,27)28)8-11-22(23)26)31-18-9-6-16(7-10-18)19-4-3-5-21-20(19)12-13-30-24(21)29/h3-14,31-32H,1H2,2H3,(H2,29,30). The summed E-state index contributed by atoms with van der Waals surface area (Å²) in [5.41, 5.74) is 8.31. The smallest absolute Gasteiger partial charge is 0.270 e. The van der Waals surface area contributed by atoms with Crippen molar-refractivity contribution in [3.63, 3.8) is 0 Å². The number of rotatable bonds is 6. The van der Waals surface area contributed by atoms with Gasteiger partial charge >= 0.3 is 0 Å². The lowest BCUT2D eigenvalue weighted by Gasteiger charge is -2.16. The third-order valence-corrected chi connectivity index (χ3v) is 5.09. The maximum Gasteiger partial charge on any atom is 0.270 e. The summed E-state index contributed by atoms with van der Waals surface area (Å²) < 4.78 is 41.2. The predicted molar refractivity (Wildman–Crippen MR) is 124 cm³/mol. The Labute approximate surface area is 183 Å². The molecule has 0 aliphatic rings. The number of nitrogens with one attached hydrogen (secondary N) is 2. The van der Waals surface area contributed by atoms with Gasteiger partial charge in [0, 0.05) is 29.8 Å². The topological polar surface area (TPSA) is 63.0 Å². The summed E-state index contributed by atoms with van der Waals surface area (Å²) in [6.07, 6.45) is 1.68. The van der Waals surface area contributed by atoms with E-state index in [4.69, 9.17) is 5.73 Å². The van der Waals surface area contributed by atoms with Crippen molar-refractivity contribution in [2.45, 2.75) is 12.8 Å². The first-order valence-corrected chi connectivity index (χ1v) is 9.87. The number of halogens is 3. The molecule has 0 fully saturated rings. The monoisotopic (exact) mass is 434 g/mol. The number of benzene rings is 3. The maximum atomic E-state index is 14.1. The van der Waals surface area contributed by atoms with Gasteiger partial charge in [0.25, 0.3) is 5.92 Å². The van der Waals surface area contributed by atoms with Gasteiger partial charge in [-0.1, -0.05) is 43.0 Å². The third-order valence-electron chi connectivity index (χ3n) is 5.09. The Hall–Kier alpha value is -4.00. The first-order chi connectivity index (χ1) is 15.2. The number of anilines is 3. The van der Waals surface area contributed by atoms with Crippen LogP contribution < -0.4 is 16.4 Å². The average Bonchev–Trinajstić information content (AvgIpc) is 2.75. The number of pyridine rings is 1. The fraction of sp³-hybridized carbons (Fsp3) is 0.0800. The molecule has 4 nitrogen and oxygen atoms in total. The molecule has 0 saturated carbocycles. The average molecular weight is 434 g/mol. The van der Waals surface area contributed by atoms with Gasteiger partial charge in [0.2, 0.25) is 0 Å². The number of fused-ring (bicyclic) bond motifs is 1. The van der Waals surface area contributed by atoms with Crippen LogP contribution in [-0.2, 0) is 5.92 Å². The molecule has 0 amide bonds. The van der Waals surface area contributed by atoms with E-state index in [0.29, 0.717) is 11.5 Å². The maximum absolute atomic E-state index is 14.1. The zero-order valence-corrected chi connectivity index (χ0v) is 17.3. The summed E-state index contributed by atoms with van der Waals surface area (Å²) in [5, 5.41) is 7.60. The molecule has 0 atom stereocenters. The second-order valence-corrected chi connectivity index (χ2v) is 7.49. The highest BCUT2D eigenvalue weighted by atomic mass is 19.3. The predicted octanol–water partition coefficient (Wildman–Crippen LogP) is 6.73. The van der Waals surface area contributed by atoms with Crippen LogP contribution in [0.25, 0.3) is 21.9 Å². The van der Waals surface area contributed by atoms with Gasteiger partial charge in [-0.15, -0.1) is 0 Å². The van der Waals surface area contributed by atoms with Crippen LogP contribution in [0.5, 0.6) is 0 Å². The lowest BCUT2D eigenvalue weighted by Crippen LogP contribution is -2.12. The van der Waals surface area contributed by atoms with Gasteiger partial charge in [-0.3, -0.25) is 0 Å². The summed E-state index contributed by atoms with van der Waals surface area (Å²) in [6, 6.07) is 18.5. The summed E-state index contributed by atoms with van der Waals surface area (Å²) in [6.45, 7) is 4.58. The molecule has 3 aromatic carbocycles. The zero-order chi connectivity index (χ0) is 22.9. The summed E-state index contributed by atoms with van der Waals surface area (Å²) in [4.78, 5) is 4.13. The molecule has 0 aliphatic heterocycles. The van der Waals surface area contributed by atoms with Crippen LogP contribution in [0.3, 0.4) is 0 Å². The van der Waals surface area contributed by atoms with Crippen LogP contribution in [0.15, 0.2) is 85.3 Å². The molecule has 7 heteroatoms. The van der Waals surface area contributed by atoms with Gasteiger partial charge in [0.1, 0.15) is 17.5 Å². The normalized spacial score (nSPS) is 11.4.